The first kappa shape index (κ1) is 26.1. The summed E-state index contributed by atoms with van der Waals surface area (Å²) in [5.41, 5.74) is 10.9. The highest BCUT2D eigenvalue weighted by atomic mass is 16.5. The lowest BCUT2D eigenvalue weighted by Crippen LogP contribution is -2.58. The van der Waals surface area contributed by atoms with Gasteiger partial charge in [-0.3, -0.25) is 9.88 Å². The van der Waals surface area contributed by atoms with Crippen molar-refractivity contribution in [2.24, 2.45) is 10.8 Å². The van der Waals surface area contributed by atoms with Gasteiger partial charge in [-0.2, -0.15) is 5.10 Å². The van der Waals surface area contributed by atoms with Crippen molar-refractivity contribution in [2.75, 3.05) is 39.5 Å². The summed E-state index contributed by atoms with van der Waals surface area (Å²) in [7, 11) is 0. The minimum absolute atomic E-state index is 0.280. The second-order valence-electron chi connectivity index (χ2n) is 13.9. The quantitative estimate of drug-likeness (QED) is 0.311. The van der Waals surface area contributed by atoms with E-state index in [0.29, 0.717) is 17.9 Å². The minimum atomic E-state index is 0.280. The molecule has 3 aliphatic rings. The Morgan fingerprint density at radius 1 is 1.02 bits per heavy atom. The first-order chi connectivity index (χ1) is 19.1. The van der Waals surface area contributed by atoms with Gasteiger partial charge in [0.1, 0.15) is 6.33 Å². The molecule has 8 heteroatoms. The summed E-state index contributed by atoms with van der Waals surface area (Å²) in [6.45, 7) is 19.3. The Kier molecular flexibility index (Phi) is 6.11. The molecule has 6 heterocycles. The number of hydrogen-bond acceptors (Lipinski definition) is 6. The fourth-order valence-electron chi connectivity index (χ4n) is 7.06. The Labute approximate surface area is 236 Å². The van der Waals surface area contributed by atoms with Crippen LogP contribution in [-0.4, -0.2) is 75.0 Å². The van der Waals surface area contributed by atoms with Crippen molar-refractivity contribution >= 4 is 16.7 Å². The van der Waals surface area contributed by atoms with E-state index in [1.165, 1.54) is 35.2 Å². The number of fused-ring (bicyclic) bond motifs is 2. The third-order valence-electron chi connectivity index (χ3n) is 9.69. The molecule has 4 aromatic heterocycles. The molecule has 8 nitrogen and oxygen atoms in total. The molecule has 0 unspecified atom stereocenters. The zero-order valence-electron chi connectivity index (χ0n) is 24.8. The predicted octanol–water partition coefficient (Wildman–Crippen LogP) is 5.63. The van der Waals surface area contributed by atoms with Gasteiger partial charge in [-0.15, -0.1) is 0 Å². The average molecular weight is 543 g/mol. The number of aryl methyl sites for hydroxylation is 1. The summed E-state index contributed by atoms with van der Waals surface area (Å²) < 4.78 is 13.1. The SMILES string of the molecule is Cc1c(-c2[nH]c3ccc(C4CC(N(CC5(C)COC5)CC5(C)COC5)C4)nc3c2C(C)C)cn2ncnc2c1C. The van der Waals surface area contributed by atoms with Crippen LogP contribution in [0.4, 0.5) is 0 Å². The first-order valence-electron chi connectivity index (χ1n) is 14.9. The number of rotatable bonds is 8. The molecule has 0 radical (unpaired) electrons. The molecular formula is C32H42N6O2. The normalized spacial score (nSPS) is 23.5. The van der Waals surface area contributed by atoms with Crippen molar-refractivity contribution in [1.82, 2.24) is 29.5 Å². The van der Waals surface area contributed by atoms with Crippen LogP contribution in [0, 0.1) is 24.7 Å². The second kappa shape index (κ2) is 9.36. The van der Waals surface area contributed by atoms with E-state index in [4.69, 9.17) is 14.5 Å². The standard InChI is InChI=1S/C32H42N6O2/c1-19(2)27-28(24-11-38-30(33-18-34-38)21(4)20(24)3)36-26-8-7-25(35-29(26)27)22-9-23(10-22)37(12-31(5)14-39-15-31)13-32(6)16-40-17-32/h7-8,11,18-19,22-23,36H,9-10,12-17H2,1-6H3. The molecule has 0 spiro atoms. The molecule has 2 saturated heterocycles. The van der Waals surface area contributed by atoms with Crippen LogP contribution in [0.3, 0.4) is 0 Å². The molecule has 40 heavy (non-hydrogen) atoms. The first-order valence-corrected chi connectivity index (χ1v) is 14.9. The van der Waals surface area contributed by atoms with Crippen molar-refractivity contribution < 1.29 is 9.47 Å². The third kappa shape index (κ3) is 4.27. The number of nitrogens with one attached hydrogen (secondary N) is 1. The lowest BCUT2D eigenvalue weighted by atomic mass is 9.74. The van der Waals surface area contributed by atoms with E-state index in [1.54, 1.807) is 6.33 Å². The maximum Gasteiger partial charge on any atom is 0.158 e. The monoisotopic (exact) mass is 542 g/mol. The van der Waals surface area contributed by atoms with Crippen LogP contribution in [0.2, 0.25) is 0 Å². The van der Waals surface area contributed by atoms with Gasteiger partial charge >= 0.3 is 0 Å². The molecule has 7 rings (SSSR count). The van der Waals surface area contributed by atoms with E-state index in [9.17, 15) is 0 Å². The number of hydrogen-bond donors (Lipinski definition) is 1. The van der Waals surface area contributed by atoms with Crippen LogP contribution in [0.5, 0.6) is 0 Å². The summed E-state index contributed by atoms with van der Waals surface area (Å²) in [5, 5.41) is 4.43. The van der Waals surface area contributed by atoms with Gasteiger partial charge in [0.05, 0.1) is 43.2 Å². The molecule has 1 saturated carbocycles. The molecular weight excluding hydrogens is 500 g/mol. The summed E-state index contributed by atoms with van der Waals surface area (Å²) >= 11 is 0. The van der Waals surface area contributed by atoms with E-state index < -0.39 is 0 Å². The van der Waals surface area contributed by atoms with Gasteiger partial charge < -0.3 is 14.5 Å². The van der Waals surface area contributed by atoms with Gasteiger partial charge in [0.25, 0.3) is 0 Å². The summed E-state index contributed by atoms with van der Waals surface area (Å²) in [6.07, 6.45) is 6.07. The van der Waals surface area contributed by atoms with E-state index in [0.717, 1.165) is 67.5 Å². The van der Waals surface area contributed by atoms with E-state index in [1.807, 2.05) is 4.52 Å². The van der Waals surface area contributed by atoms with E-state index in [2.05, 4.69) is 79.8 Å². The van der Waals surface area contributed by atoms with E-state index >= 15 is 0 Å². The highest BCUT2D eigenvalue weighted by Crippen LogP contribution is 2.44. The van der Waals surface area contributed by atoms with Gasteiger partial charge in [-0.25, -0.2) is 9.50 Å². The van der Waals surface area contributed by atoms with Crippen LogP contribution in [0.1, 0.15) is 74.8 Å². The second-order valence-corrected chi connectivity index (χ2v) is 13.9. The number of pyridine rings is 2. The zero-order valence-corrected chi connectivity index (χ0v) is 24.8. The zero-order chi connectivity index (χ0) is 27.8. The number of aromatic nitrogens is 5. The van der Waals surface area contributed by atoms with Crippen molar-refractivity contribution in [2.45, 2.75) is 72.3 Å². The minimum Gasteiger partial charge on any atom is -0.380 e. The summed E-state index contributed by atoms with van der Waals surface area (Å²) in [6, 6.07) is 5.09. The topological polar surface area (TPSA) is 80.6 Å². The third-order valence-corrected chi connectivity index (χ3v) is 9.69. The molecule has 0 amide bonds. The van der Waals surface area contributed by atoms with Crippen LogP contribution in [0.25, 0.3) is 27.9 Å². The van der Waals surface area contributed by atoms with Gasteiger partial charge in [0.2, 0.25) is 0 Å². The highest BCUT2D eigenvalue weighted by Gasteiger charge is 2.45. The van der Waals surface area contributed by atoms with Gasteiger partial charge in [0, 0.05) is 58.9 Å². The molecule has 2 aliphatic heterocycles. The van der Waals surface area contributed by atoms with Crippen LogP contribution in [-0.2, 0) is 9.47 Å². The van der Waals surface area contributed by atoms with Crippen LogP contribution in [0.15, 0.2) is 24.7 Å². The number of nitrogens with zero attached hydrogens (tertiary/aromatic N) is 5. The fourth-order valence-corrected chi connectivity index (χ4v) is 7.06. The van der Waals surface area contributed by atoms with Crippen molar-refractivity contribution in [3.8, 4) is 11.3 Å². The van der Waals surface area contributed by atoms with Crippen LogP contribution >= 0.6 is 0 Å². The Morgan fingerprint density at radius 3 is 2.30 bits per heavy atom. The fraction of sp³-hybridized carbons (Fsp3) is 0.594. The molecule has 1 N–H and O–H groups in total. The smallest absolute Gasteiger partial charge is 0.158 e. The van der Waals surface area contributed by atoms with Crippen LogP contribution < -0.4 is 0 Å². The molecule has 3 fully saturated rings. The molecule has 0 bridgehead atoms. The molecule has 0 atom stereocenters. The number of ether oxygens (including phenoxy) is 2. The Hall–Kier alpha value is -2.81. The van der Waals surface area contributed by atoms with Crippen molar-refractivity contribution in [3.05, 3.63) is 47.0 Å². The van der Waals surface area contributed by atoms with E-state index in [-0.39, 0.29) is 10.8 Å². The lowest BCUT2D eigenvalue weighted by molar-refractivity contribution is -0.152. The average Bonchev–Trinajstić information content (AvgIpc) is 3.47. The summed E-state index contributed by atoms with van der Waals surface area (Å²) in [4.78, 5) is 16.3. The number of aromatic amines is 1. The van der Waals surface area contributed by atoms with Gasteiger partial charge in [-0.1, -0.05) is 27.7 Å². The summed E-state index contributed by atoms with van der Waals surface area (Å²) in [5.74, 6) is 0.833. The lowest BCUT2D eigenvalue weighted by Gasteiger charge is -2.52. The Morgan fingerprint density at radius 2 is 1.70 bits per heavy atom. The maximum absolute atomic E-state index is 5.59. The largest absolute Gasteiger partial charge is 0.380 e. The van der Waals surface area contributed by atoms with Gasteiger partial charge in [-0.05, 0) is 55.9 Å². The molecule has 0 aromatic carbocycles. The molecule has 1 aliphatic carbocycles. The predicted molar refractivity (Wildman–Crippen MR) is 157 cm³/mol. The number of H-pyrrole nitrogens is 1. The van der Waals surface area contributed by atoms with Gasteiger partial charge in [0.15, 0.2) is 5.65 Å². The molecule has 4 aromatic rings. The Balaban J connectivity index is 1.17. The van der Waals surface area contributed by atoms with Crippen molar-refractivity contribution in [1.29, 1.82) is 0 Å². The van der Waals surface area contributed by atoms with Crippen molar-refractivity contribution in [3.63, 3.8) is 0 Å². The maximum atomic E-state index is 5.59. The Bertz CT molecular complexity index is 1550. The highest BCUT2D eigenvalue weighted by molar-refractivity contribution is 5.89. The molecule has 212 valence electrons.